The van der Waals surface area contributed by atoms with E-state index in [-0.39, 0.29) is 12.0 Å². The first kappa shape index (κ1) is 19.0. The van der Waals surface area contributed by atoms with E-state index >= 15 is 0 Å². The Labute approximate surface area is 153 Å². The van der Waals surface area contributed by atoms with Crippen LogP contribution >= 0.6 is 0 Å². The van der Waals surface area contributed by atoms with Crippen molar-refractivity contribution in [1.82, 2.24) is 19.7 Å². The molecule has 6 nitrogen and oxygen atoms in total. The normalized spacial score (nSPS) is 21.7. The van der Waals surface area contributed by atoms with Crippen LogP contribution in [0.15, 0.2) is 24.5 Å². The van der Waals surface area contributed by atoms with Crippen molar-refractivity contribution >= 4 is 10.0 Å². The molecule has 0 atom stereocenters. The largest absolute Gasteiger partial charge is 0.348 e. The van der Waals surface area contributed by atoms with Gasteiger partial charge in [0.1, 0.15) is 5.82 Å². The number of imidazole rings is 1. The van der Waals surface area contributed by atoms with Crippen LogP contribution in [-0.4, -0.2) is 34.2 Å². The Kier molecular flexibility index (Phi) is 5.16. The molecule has 142 valence electrons. The average molecular weight is 380 g/mol. The van der Waals surface area contributed by atoms with Crippen molar-refractivity contribution < 1.29 is 12.8 Å². The van der Waals surface area contributed by atoms with Crippen molar-refractivity contribution in [1.29, 1.82) is 0 Å². The van der Waals surface area contributed by atoms with Gasteiger partial charge >= 0.3 is 0 Å². The van der Waals surface area contributed by atoms with Gasteiger partial charge in [0.05, 0.1) is 10.4 Å². The van der Waals surface area contributed by atoms with Gasteiger partial charge in [0.25, 0.3) is 0 Å². The van der Waals surface area contributed by atoms with Gasteiger partial charge in [0.15, 0.2) is 0 Å². The van der Waals surface area contributed by atoms with Crippen molar-refractivity contribution in [2.75, 3.05) is 0 Å². The summed E-state index contributed by atoms with van der Waals surface area (Å²) in [6, 6.07) is 2.95. The standard InChI is InChI=1S/C18H25FN4O2S/c1-18(2,3)26(24,25)23-14-7-4-12(5-8-14)17-21-11-15(22-17)13-6-9-16(19)20-10-13/h6,9-12,14,23H,4-5,7-8H2,1-3H3,(H,21,22)/t12-,14-. The number of aromatic amines is 1. The molecule has 2 aromatic rings. The zero-order valence-electron chi connectivity index (χ0n) is 15.3. The quantitative estimate of drug-likeness (QED) is 0.796. The van der Waals surface area contributed by atoms with Crippen LogP contribution in [0.4, 0.5) is 4.39 Å². The summed E-state index contributed by atoms with van der Waals surface area (Å²) in [5.41, 5.74) is 1.50. The Morgan fingerprint density at radius 3 is 2.46 bits per heavy atom. The number of pyridine rings is 1. The molecule has 0 bridgehead atoms. The van der Waals surface area contributed by atoms with Gasteiger partial charge in [-0.25, -0.2) is 23.1 Å². The molecule has 0 unspecified atom stereocenters. The van der Waals surface area contributed by atoms with Crippen molar-refractivity contribution in [2.24, 2.45) is 0 Å². The van der Waals surface area contributed by atoms with Crippen molar-refractivity contribution in [3.8, 4) is 11.3 Å². The number of H-pyrrole nitrogens is 1. The van der Waals surface area contributed by atoms with Crippen molar-refractivity contribution in [2.45, 2.75) is 63.2 Å². The molecule has 26 heavy (non-hydrogen) atoms. The topological polar surface area (TPSA) is 87.7 Å². The lowest BCUT2D eigenvalue weighted by Gasteiger charge is -2.30. The molecule has 2 N–H and O–H groups in total. The van der Waals surface area contributed by atoms with Crippen LogP contribution in [0.1, 0.15) is 58.2 Å². The highest BCUT2D eigenvalue weighted by Gasteiger charge is 2.33. The summed E-state index contributed by atoms with van der Waals surface area (Å²) in [5, 5.41) is 0. The average Bonchev–Trinajstić information content (AvgIpc) is 3.05. The first-order valence-corrected chi connectivity index (χ1v) is 10.3. The molecule has 3 rings (SSSR count). The van der Waals surface area contributed by atoms with E-state index in [1.54, 1.807) is 33.0 Å². The number of rotatable bonds is 4. The van der Waals surface area contributed by atoms with Crippen LogP contribution in [0.5, 0.6) is 0 Å². The van der Waals surface area contributed by atoms with E-state index in [4.69, 9.17) is 0 Å². The molecule has 1 aliphatic carbocycles. The highest BCUT2D eigenvalue weighted by Crippen LogP contribution is 2.33. The van der Waals surface area contributed by atoms with Crippen LogP contribution in [0, 0.1) is 5.95 Å². The predicted molar refractivity (Wildman–Crippen MR) is 98.6 cm³/mol. The minimum absolute atomic E-state index is 0.0220. The summed E-state index contributed by atoms with van der Waals surface area (Å²) in [7, 11) is -3.33. The lowest BCUT2D eigenvalue weighted by molar-refractivity contribution is 0.364. The molecule has 0 aromatic carbocycles. The summed E-state index contributed by atoms with van der Waals surface area (Å²) in [6.45, 7) is 5.11. The fourth-order valence-electron chi connectivity index (χ4n) is 3.10. The zero-order valence-corrected chi connectivity index (χ0v) is 16.1. The first-order chi connectivity index (χ1) is 12.2. The summed E-state index contributed by atoms with van der Waals surface area (Å²) in [4.78, 5) is 11.5. The third kappa shape index (κ3) is 4.12. The maximum Gasteiger partial charge on any atom is 0.216 e. The molecule has 2 heterocycles. The number of aromatic nitrogens is 3. The maximum atomic E-state index is 12.9. The lowest BCUT2D eigenvalue weighted by Crippen LogP contribution is -2.45. The molecule has 0 aliphatic heterocycles. The molecule has 2 aromatic heterocycles. The Morgan fingerprint density at radius 1 is 1.19 bits per heavy atom. The van der Waals surface area contributed by atoms with Crippen LogP contribution in [0.2, 0.25) is 0 Å². The number of nitrogens with zero attached hydrogens (tertiary/aromatic N) is 2. The maximum absolute atomic E-state index is 12.9. The second kappa shape index (κ2) is 7.08. The van der Waals surface area contributed by atoms with E-state index in [1.165, 1.54) is 12.3 Å². The minimum atomic E-state index is -3.33. The van der Waals surface area contributed by atoms with Crippen LogP contribution in [-0.2, 0) is 10.0 Å². The highest BCUT2D eigenvalue weighted by atomic mass is 32.2. The highest BCUT2D eigenvalue weighted by molar-refractivity contribution is 7.90. The number of hydrogen-bond donors (Lipinski definition) is 2. The van der Waals surface area contributed by atoms with Gasteiger partial charge in [0, 0.05) is 29.9 Å². The van der Waals surface area contributed by atoms with Gasteiger partial charge in [-0.05, 0) is 58.6 Å². The smallest absolute Gasteiger partial charge is 0.216 e. The molecular weight excluding hydrogens is 355 g/mol. The first-order valence-electron chi connectivity index (χ1n) is 8.85. The molecule has 0 saturated heterocycles. The number of hydrogen-bond acceptors (Lipinski definition) is 4. The van der Waals surface area contributed by atoms with E-state index in [0.717, 1.165) is 42.8 Å². The van der Waals surface area contributed by atoms with Gasteiger partial charge in [0.2, 0.25) is 16.0 Å². The fraction of sp³-hybridized carbons (Fsp3) is 0.556. The van der Waals surface area contributed by atoms with Crippen LogP contribution in [0.25, 0.3) is 11.3 Å². The van der Waals surface area contributed by atoms with E-state index < -0.39 is 20.7 Å². The van der Waals surface area contributed by atoms with Crippen molar-refractivity contribution in [3.05, 3.63) is 36.3 Å². The predicted octanol–water partition coefficient (Wildman–Crippen LogP) is 3.35. The number of halogens is 1. The lowest BCUT2D eigenvalue weighted by atomic mass is 9.86. The summed E-state index contributed by atoms with van der Waals surface area (Å²) in [6.07, 6.45) is 6.58. The Bertz CT molecular complexity index is 848. The van der Waals surface area contributed by atoms with Gasteiger partial charge in [-0.2, -0.15) is 4.39 Å². The third-order valence-electron chi connectivity index (χ3n) is 4.86. The molecule has 1 aliphatic rings. The summed E-state index contributed by atoms with van der Waals surface area (Å²) in [5.74, 6) is 0.648. The SMILES string of the molecule is CC(C)(C)S(=O)(=O)N[C@H]1CC[C@H](c2nc(-c3ccc(F)nc3)c[nH]2)CC1. The summed E-state index contributed by atoms with van der Waals surface area (Å²) >= 11 is 0. The Balaban J connectivity index is 1.61. The van der Waals surface area contributed by atoms with Gasteiger partial charge in [-0.1, -0.05) is 0 Å². The fourth-order valence-corrected chi connectivity index (χ4v) is 4.13. The van der Waals surface area contributed by atoms with Crippen LogP contribution < -0.4 is 4.72 Å². The van der Waals surface area contributed by atoms with Crippen LogP contribution in [0.3, 0.4) is 0 Å². The Morgan fingerprint density at radius 2 is 1.88 bits per heavy atom. The molecule has 1 fully saturated rings. The minimum Gasteiger partial charge on any atom is -0.348 e. The van der Waals surface area contributed by atoms with Gasteiger partial charge in [-0.3, -0.25) is 0 Å². The number of sulfonamides is 1. The monoisotopic (exact) mass is 380 g/mol. The summed E-state index contributed by atoms with van der Waals surface area (Å²) < 4.78 is 39.6. The Hall–Kier alpha value is -1.80. The molecule has 0 radical (unpaired) electrons. The van der Waals surface area contributed by atoms with E-state index in [0.29, 0.717) is 0 Å². The molecule has 8 heteroatoms. The van der Waals surface area contributed by atoms with Gasteiger partial charge in [-0.15, -0.1) is 0 Å². The third-order valence-corrected chi connectivity index (χ3v) is 7.12. The second-order valence-corrected chi connectivity index (χ2v) is 10.3. The molecule has 1 saturated carbocycles. The van der Waals surface area contributed by atoms with E-state index in [9.17, 15) is 12.8 Å². The van der Waals surface area contributed by atoms with E-state index in [1.807, 2.05) is 0 Å². The zero-order chi connectivity index (χ0) is 18.9. The second-order valence-electron chi connectivity index (χ2n) is 7.82. The number of nitrogens with one attached hydrogen (secondary N) is 2. The molecular formula is C18H25FN4O2S. The molecule has 0 amide bonds. The van der Waals surface area contributed by atoms with Crippen molar-refractivity contribution in [3.63, 3.8) is 0 Å². The van der Waals surface area contributed by atoms with E-state index in [2.05, 4.69) is 19.7 Å². The molecule has 0 spiro atoms. The van der Waals surface area contributed by atoms with Gasteiger partial charge < -0.3 is 4.98 Å².